The number of aliphatic hydroxyl groups excluding tert-OH is 2. The van der Waals surface area contributed by atoms with Gasteiger partial charge in [0, 0.05) is 17.8 Å². The number of rotatable bonds is 5. The Kier molecular flexibility index (Phi) is 5.44. The third-order valence-electron chi connectivity index (χ3n) is 12.0. The van der Waals surface area contributed by atoms with Gasteiger partial charge < -0.3 is 14.9 Å². The molecular weight excluding hydrogens is 384 g/mol. The van der Waals surface area contributed by atoms with Crippen LogP contribution in [0, 0.1) is 39.9 Å². The molecule has 31 heavy (non-hydrogen) atoms. The molecule has 5 fully saturated rings. The summed E-state index contributed by atoms with van der Waals surface area (Å²) in [5, 5.41) is 22.5. The van der Waals surface area contributed by atoms with Crippen LogP contribution in [0.3, 0.4) is 0 Å². The van der Waals surface area contributed by atoms with Gasteiger partial charge in [0.2, 0.25) is 0 Å². The third-order valence-corrected chi connectivity index (χ3v) is 12.0. The molecule has 4 aliphatic carbocycles. The zero-order chi connectivity index (χ0) is 22.2. The Balaban J connectivity index is 1.60. The van der Waals surface area contributed by atoms with E-state index in [0.29, 0.717) is 29.8 Å². The van der Waals surface area contributed by atoms with Crippen molar-refractivity contribution >= 4 is 0 Å². The minimum Gasteiger partial charge on any atom is -0.393 e. The molecular formula is C28H48O3. The maximum atomic E-state index is 11.9. The molecule has 0 bridgehead atoms. The monoisotopic (exact) mass is 432 g/mol. The second-order valence-electron chi connectivity index (χ2n) is 12.9. The van der Waals surface area contributed by atoms with E-state index < -0.39 is 0 Å². The van der Waals surface area contributed by atoms with Crippen molar-refractivity contribution < 1.29 is 14.9 Å². The molecule has 0 aromatic carbocycles. The van der Waals surface area contributed by atoms with Crippen molar-refractivity contribution in [3.63, 3.8) is 0 Å². The fourth-order valence-corrected chi connectivity index (χ4v) is 11.2. The summed E-state index contributed by atoms with van der Waals surface area (Å²) in [6, 6.07) is 0. The van der Waals surface area contributed by atoms with Crippen molar-refractivity contribution in [2.24, 2.45) is 39.9 Å². The van der Waals surface area contributed by atoms with Crippen molar-refractivity contribution in [1.29, 1.82) is 0 Å². The first-order valence-corrected chi connectivity index (χ1v) is 13.8. The van der Waals surface area contributed by atoms with Crippen LogP contribution in [0.2, 0.25) is 0 Å². The van der Waals surface area contributed by atoms with E-state index in [1.54, 1.807) is 0 Å². The standard InChI is InChI=1S/C28H48O3/c1-6-9-18-16-26(5)24(25(4)13-11-19(29)15-21(18)25)22(30)17-28-20(23(31-28)10-7-2)12-14-27(26,28)8-3/h18-24,29-30H,6-17H2,1-5H3. The molecule has 1 saturated heterocycles. The first-order chi connectivity index (χ1) is 14.7. The molecule has 0 amide bonds. The van der Waals surface area contributed by atoms with E-state index >= 15 is 0 Å². The average Bonchev–Trinajstić information content (AvgIpc) is 2.96. The maximum absolute atomic E-state index is 11.9. The Hall–Kier alpha value is -0.120. The second-order valence-corrected chi connectivity index (χ2v) is 12.9. The number of ether oxygens (including phenoxy) is 1. The first kappa shape index (κ1) is 22.7. The molecule has 5 aliphatic rings. The van der Waals surface area contributed by atoms with E-state index in [1.807, 2.05) is 0 Å². The van der Waals surface area contributed by atoms with Crippen molar-refractivity contribution in [2.75, 3.05) is 0 Å². The highest BCUT2D eigenvalue weighted by molar-refractivity contribution is 5.28. The predicted molar refractivity (Wildman–Crippen MR) is 125 cm³/mol. The molecule has 0 radical (unpaired) electrons. The Bertz CT molecular complexity index is 694. The van der Waals surface area contributed by atoms with Gasteiger partial charge in [-0.15, -0.1) is 0 Å². The number of hydrogen-bond donors (Lipinski definition) is 2. The Labute approximate surface area is 190 Å². The van der Waals surface area contributed by atoms with Crippen molar-refractivity contribution in [3.8, 4) is 0 Å². The average molecular weight is 433 g/mol. The summed E-state index contributed by atoms with van der Waals surface area (Å²) in [6.45, 7) is 12.1. The summed E-state index contributed by atoms with van der Waals surface area (Å²) in [7, 11) is 0. The Morgan fingerprint density at radius 2 is 1.65 bits per heavy atom. The molecule has 11 atom stereocenters. The second kappa shape index (κ2) is 7.44. The molecule has 1 heterocycles. The predicted octanol–water partition coefficient (Wildman–Crippen LogP) is 6.10. The maximum Gasteiger partial charge on any atom is 0.0824 e. The first-order valence-electron chi connectivity index (χ1n) is 13.8. The van der Waals surface area contributed by atoms with Gasteiger partial charge in [0.05, 0.1) is 23.9 Å². The minimum atomic E-state index is -0.266. The van der Waals surface area contributed by atoms with E-state index in [4.69, 9.17) is 4.74 Å². The van der Waals surface area contributed by atoms with E-state index in [9.17, 15) is 10.2 Å². The van der Waals surface area contributed by atoms with Crippen LogP contribution in [0.5, 0.6) is 0 Å². The number of aliphatic hydroxyl groups is 2. The molecule has 3 nitrogen and oxygen atoms in total. The van der Waals surface area contributed by atoms with Crippen LogP contribution >= 0.6 is 0 Å². The molecule has 2 N–H and O–H groups in total. The lowest BCUT2D eigenvalue weighted by Crippen LogP contribution is -2.77. The molecule has 11 unspecified atom stereocenters. The summed E-state index contributed by atoms with van der Waals surface area (Å²) in [5.41, 5.74) is 0.383. The van der Waals surface area contributed by atoms with E-state index in [0.717, 1.165) is 25.7 Å². The smallest absolute Gasteiger partial charge is 0.0824 e. The van der Waals surface area contributed by atoms with Crippen LogP contribution in [-0.4, -0.2) is 34.1 Å². The fraction of sp³-hybridized carbons (Fsp3) is 1.00. The van der Waals surface area contributed by atoms with Gasteiger partial charge in [-0.05, 0) is 80.0 Å². The summed E-state index contributed by atoms with van der Waals surface area (Å²) < 4.78 is 6.96. The normalized spacial score (nSPS) is 58.0. The zero-order valence-corrected chi connectivity index (χ0v) is 20.8. The Morgan fingerprint density at radius 1 is 0.903 bits per heavy atom. The van der Waals surface area contributed by atoms with Crippen LogP contribution in [0.4, 0.5) is 0 Å². The van der Waals surface area contributed by atoms with Gasteiger partial charge in [-0.1, -0.05) is 53.9 Å². The van der Waals surface area contributed by atoms with Gasteiger partial charge in [0.25, 0.3) is 0 Å². The molecule has 178 valence electrons. The summed E-state index contributed by atoms with van der Waals surface area (Å²) in [4.78, 5) is 0. The lowest BCUT2D eigenvalue weighted by molar-refractivity contribution is -0.368. The molecule has 1 spiro atoms. The van der Waals surface area contributed by atoms with Crippen molar-refractivity contribution in [2.45, 2.75) is 136 Å². The molecule has 3 heteroatoms. The molecule has 5 rings (SSSR count). The van der Waals surface area contributed by atoms with Gasteiger partial charge in [-0.2, -0.15) is 0 Å². The van der Waals surface area contributed by atoms with Crippen LogP contribution < -0.4 is 0 Å². The van der Waals surface area contributed by atoms with Crippen molar-refractivity contribution in [1.82, 2.24) is 0 Å². The minimum absolute atomic E-state index is 0.0829. The molecule has 1 aliphatic heterocycles. The topological polar surface area (TPSA) is 49.7 Å². The third kappa shape index (κ3) is 2.64. The van der Waals surface area contributed by atoms with Crippen LogP contribution in [-0.2, 0) is 4.74 Å². The van der Waals surface area contributed by atoms with Gasteiger partial charge in [0.1, 0.15) is 0 Å². The van der Waals surface area contributed by atoms with E-state index in [1.165, 1.54) is 51.4 Å². The summed E-state index contributed by atoms with van der Waals surface area (Å²) >= 11 is 0. The molecule has 0 aromatic rings. The van der Waals surface area contributed by atoms with Gasteiger partial charge >= 0.3 is 0 Å². The summed E-state index contributed by atoms with van der Waals surface area (Å²) in [6.07, 6.45) is 13.7. The SMILES string of the molecule is CCCC1CC2(C)C(C(O)CC34OC(CCC)C3CCC24CC)C2(C)CCC(O)CC12. The molecule has 4 saturated carbocycles. The van der Waals surface area contributed by atoms with Crippen LogP contribution in [0.25, 0.3) is 0 Å². The highest BCUT2D eigenvalue weighted by Gasteiger charge is 2.80. The molecule has 0 aromatic heterocycles. The van der Waals surface area contributed by atoms with Gasteiger partial charge in [-0.25, -0.2) is 0 Å². The van der Waals surface area contributed by atoms with E-state index in [-0.39, 0.29) is 34.1 Å². The van der Waals surface area contributed by atoms with Gasteiger partial charge in [0.15, 0.2) is 0 Å². The quantitative estimate of drug-likeness (QED) is 0.551. The highest BCUT2D eigenvalue weighted by atomic mass is 16.5. The number of hydrogen-bond acceptors (Lipinski definition) is 3. The Morgan fingerprint density at radius 3 is 2.32 bits per heavy atom. The van der Waals surface area contributed by atoms with Crippen LogP contribution in [0.1, 0.15) is 112 Å². The fourth-order valence-electron chi connectivity index (χ4n) is 11.2. The highest BCUT2D eigenvalue weighted by Crippen LogP contribution is 2.80. The number of fused-ring (bicyclic) bond motifs is 4. The largest absolute Gasteiger partial charge is 0.393 e. The van der Waals surface area contributed by atoms with Gasteiger partial charge in [-0.3, -0.25) is 0 Å². The lowest BCUT2D eigenvalue weighted by Gasteiger charge is -2.75. The van der Waals surface area contributed by atoms with Crippen molar-refractivity contribution in [3.05, 3.63) is 0 Å². The zero-order valence-electron chi connectivity index (χ0n) is 20.8. The lowest BCUT2D eigenvalue weighted by atomic mass is 9.33. The van der Waals surface area contributed by atoms with Crippen LogP contribution in [0.15, 0.2) is 0 Å². The van der Waals surface area contributed by atoms with E-state index in [2.05, 4.69) is 34.6 Å². The summed E-state index contributed by atoms with van der Waals surface area (Å²) in [5.74, 6) is 2.22.